The number of benzene rings is 1. The van der Waals surface area contributed by atoms with Gasteiger partial charge < -0.3 is 4.74 Å². The predicted molar refractivity (Wildman–Crippen MR) is 114 cm³/mol. The Morgan fingerprint density at radius 2 is 1.92 bits per heavy atom. The Morgan fingerprint density at radius 3 is 2.72 bits per heavy atom. The van der Waals surface area contributed by atoms with Gasteiger partial charge in [0, 0.05) is 29.6 Å². The van der Waals surface area contributed by atoms with Crippen LogP contribution in [0.15, 0.2) is 30.3 Å². The molecule has 0 spiro atoms. The lowest BCUT2D eigenvalue weighted by molar-refractivity contribution is 0.290. The maximum Gasteiger partial charge on any atom is 0.214 e. The second-order valence-electron chi connectivity index (χ2n) is 6.21. The third kappa shape index (κ3) is 6.86. The fraction of sp³-hybridized carbons (Fsp3) is 0.526. The van der Waals surface area contributed by atoms with E-state index in [1.165, 1.54) is 54.9 Å². The number of rotatable bonds is 8. The highest BCUT2D eigenvalue weighted by atomic mass is 35.5. The first kappa shape index (κ1) is 22.4. The van der Waals surface area contributed by atoms with Gasteiger partial charge in [0.15, 0.2) is 0 Å². The van der Waals surface area contributed by atoms with E-state index < -0.39 is 0 Å². The van der Waals surface area contributed by atoms with Gasteiger partial charge in [-0.1, -0.05) is 31.0 Å². The van der Waals surface area contributed by atoms with Crippen LogP contribution in [0.5, 0.6) is 5.88 Å². The maximum atomic E-state index is 5.85. The highest BCUT2D eigenvalue weighted by molar-refractivity contribution is 7.99. The van der Waals surface area contributed by atoms with E-state index in [4.69, 9.17) is 4.74 Å². The van der Waals surface area contributed by atoms with Crippen molar-refractivity contribution in [3.63, 3.8) is 0 Å². The van der Waals surface area contributed by atoms with E-state index in [1.807, 2.05) is 18.2 Å². The summed E-state index contributed by atoms with van der Waals surface area (Å²) in [7, 11) is 0. The van der Waals surface area contributed by atoms with E-state index in [0.29, 0.717) is 0 Å². The van der Waals surface area contributed by atoms with Gasteiger partial charge in [0.2, 0.25) is 5.88 Å². The van der Waals surface area contributed by atoms with Crippen LogP contribution in [0, 0.1) is 6.92 Å². The molecule has 140 valence electrons. The Bertz CT molecular complexity index is 636. The van der Waals surface area contributed by atoms with Gasteiger partial charge in [0.1, 0.15) is 0 Å². The fourth-order valence-corrected chi connectivity index (χ4v) is 4.02. The minimum absolute atomic E-state index is 0. The van der Waals surface area contributed by atoms with Crippen LogP contribution in [0.1, 0.15) is 31.2 Å². The van der Waals surface area contributed by atoms with Crippen LogP contribution in [-0.4, -0.2) is 41.2 Å². The zero-order valence-electron chi connectivity index (χ0n) is 14.8. The van der Waals surface area contributed by atoms with Gasteiger partial charge in [-0.25, -0.2) is 4.98 Å². The van der Waals surface area contributed by atoms with E-state index in [0.717, 1.165) is 24.4 Å². The molecule has 1 aromatic carbocycles. The molecule has 1 fully saturated rings. The summed E-state index contributed by atoms with van der Waals surface area (Å²) in [6.45, 7) is 5.43. The molecule has 1 aliphatic heterocycles. The number of hydrogen-bond donors (Lipinski definition) is 0. The topological polar surface area (TPSA) is 25.4 Å². The normalized spacial score (nSPS) is 14.1. The number of aryl methyl sites for hydroxylation is 1. The zero-order chi connectivity index (χ0) is 15.9. The number of ether oxygens (including phenoxy) is 1. The van der Waals surface area contributed by atoms with Gasteiger partial charge in [0.25, 0.3) is 0 Å². The maximum absolute atomic E-state index is 5.85. The van der Waals surface area contributed by atoms with E-state index in [9.17, 15) is 0 Å². The average Bonchev–Trinajstić information content (AvgIpc) is 3.07. The minimum Gasteiger partial charge on any atom is -0.478 e. The van der Waals surface area contributed by atoms with Crippen molar-refractivity contribution in [2.75, 3.05) is 31.3 Å². The molecule has 25 heavy (non-hydrogen) atoms. The second-order valence-corrected chi connectivity index (χ2v) is 7.29. The molecule has 0 saturated carbocycles. The molecule has 2 heterocycles. The third-order valence-electron chi connectivity index (χ3n) is 4.34. The van der Waals surface area contributed by atoms with Crippen LogP contribution in [0.2, 0.25) is 0 Å². The highest BCUT2D eigenvalue weighted by Gasteiger charge is 2.10. The fourth-order valence-electron chi connectivity index (χ4n) is 2.99. The number of thioether (sulfide) groups is 1. The van der Waals surface area contributed by atoms with Crippen molar-refractivity contribution in [1.82, 2.24) is 9.88 Å². The monoisotopic (exact) mass is 402 g/mol. The van der Waals surface area contributed by atoms with Gasteiger partial charge in [-0.05, 0) is 37.9 Å². The lowest BCUT2D eigenvalue weighted by Gasteiger charge is -2.13. The standard InChI is InChI=1S/C19H26N2OS.2ClH/c1-16-14-19(20-18-9-5-4-8-17(16)18)22-12-7-3-2-6-10-21-11-13-23-15-21;;/h4-5,8-9,14H,2-3,6-7,10-13,15H2,1H3;2*1H. The molecule has 0 aliphatic carbocycles. The number of nitrogens with zero attached hydrogens (tertiary/aromatic N) is 2. The smallest absolute Gasteiger partial charge is 0.214 e. The first-order valence-electron chi connectivity index (χ1n) is 8.62. The lowest BCUT2D eigenvalue weighted by atomic mass is 10.1. The number of fused-ring (bicyclic) bond motifs is 1. The summed E-state index contributed by atoms with van der Waals surface area (Å²) >= 11 is 2.05. The highest BCUT2D eigenvalue weighted by Crippen LogP contribution is 2.21. The van der Waals surface area contributed by atoms with E-state index in [-0.39, 0.29) is 24.8 Å². The van der Waals surface area contributed by atoms with Gasteiger partial charge in [-0.3, -0.25) is 4.90 Å². The zero-order valence-corrected chi connectivity index (χ0v) is 17.2. The predicted octanol–water partition coefficient (Wildman–Crippen LogP) is 5.33. The summed E-state index contributed by atoms with van der Waals surface area (Å²) in [6, 6.07) is 10.3. The van der Waals surface area contributed by atoms with Crippen molar-refractivity contribution in [1.29, 1.82) is 0 Å². The molecule has 3 rings (SSSR count). The Morgan fingerprint density at radius 1 is 1.12 bits per heavy atom. The van der Waals surface area contributed by atoms with E-state index in [1.54, 1.807) is 0 Å². The van der Waals surface area contributed by atoms with Crippen LogP contribution in [0.3, 0.4) is 0 Å². The summed E-state index contributed by atoms with van der Waals surface area (Å²) < 4.78 is 5.85. The first-order valence-corrected chi connectivity index (χ1v) is 9.78. The molecule has 1 aromatic heterocycles. The number of halogens is 2. The SMILES string of the molecule is Cc1cc(OCCCCCCN2CCSC2)nc2ccccc12.Cl.Cl. The van der Waals surface area contributed by atoms with E-state index in [2.05, 4.69) is 40.7 Å². The summed E-state index contributed by atoms with van der Waals surface area (Å²) in [5.41, 5.74) is 2.25. The molecular formula is C19H28Cl2N2OS. The molecule has 0 radical (unpaired) electrons. The average molecular weight is 403 g/mol. The summed E-state index contributed by atoms with van der Waals surface area (Å²) in [5, 5.41) is 1.21. The summed E-state index contributed by atoms with van der Waals surface area (Å²) in [6.07, 6.45) is 4.97. The Hall–Kier alpha value is -0.680. The third-order valence-corrected chi connectivity index (χ3v) is 5.36. The second kappa shape index (κ2) is 11.8. The quantitative estimate of drug-likeness (QED) is 0.556. The molecule has 3 nitrogen and oxygen atoms in total. The van der Waals surface area contributed by atoms with Gasteiger partial charge >= 0.3 is 0 Å². The van der Waals surface area contributed by atoms with Gasteiger partial charge in [-0.2, -0.15) is 0 Å². The van der Waals surface area contributed by atoms with Crippen molar-refractivity contribution in [3.8, 4) is 5.88 Å². The molecule has 2 aromatic rings. The minimum atomic E-state index is 0. The molecule has 1 aliphatic rings. The van der Waals surface area contributed by atoms with Crippen LogP contribution in [0.25, 0.3) is 10.9 Å². The van der Waals surface area contributed by atoms with Crippen LogP contribution >= 0.6 is 36.6 Å². The Balaban J connectivity index is 0.00000156. The number of pyridine rings is 1. The molecular weight excluding hydrogens is 375 g/mol. The van der Waals surface area contributed by atoms with Gasteiger partial charge in [-0.15, -0.1) is 36.6 Å². The Labute approximate surface area is 167 Å². The van der Waals surface area contributed by atoms with Crippen LogP contribution in [-0.2, 0) is 0 Å². The molecule has 0 amide bonds. The first-order chi connectivity index (χ1) is 11.3. The molecule has 0 atom stereocenters. The molecule has 0 bridgehead atoms. The van der Waals surface area contributed by atoms with Crippen molar-refractivity contribution in [2.24, 2.45) is 0 Å². The number of hydrogen-bond acceptors (Lipinski definition) is 4. The number of para-hydroxylation sites is 1. The van der Waals surface area contributed by atoms with Crippen LogP contribution in [0.4, 0.5) is 0 Å². The van der Waals surface area contributed by atoms with Crippen LogP contribution < -0.4 is 4.74 Å². The molecule has 0 unspecified atom stereocenters. The summed E-state index contributed by atoms with van der Waals surface area (Å²) in [4.78, 5) is 7.15. The van der Waals surface area contributed by atoms with Crippen molar-refractivity contribution >= 4 is 47.5 Å². The summed E-state index contributed by atoms with van der Waals surface area (Å²) in [5.74, 6) is 3.30. The molecule has 1 saturated heterocycles. The van der Waals surface area contributed by atoms with E-state index >= 15 is 0 Å². The van der Waals surface area contributed by atoms with Crippen molar-refractivity contribution in [3.05, 3.63) is 35.9 Å². The lowest BCUT2D eigenvalue weighted by Crippen LogP contribution is -2.20. The number of aromatic nitrogens is 1. The Kier molecular flexibility index (Phi) is 10.6. The van der Waals surface area contributed by atoms with Crippen molar-refractivity contribution < 1.29 is 4.74 Å². The largest absolute Gasteiger partial charge is 0.478 e. The van der Waals surface area contributed by atoms with Gasteiger partial charge in [0.05, 0.1) is 12.1 Å². The van der Waals surface area contributed by atoms with Crippen molar-refractivity contribution in [2.45, 2.75) is 32.6 Å². The molecule has 0 N–H and O–H groups in total. The molecule has 6 heteroatoms. The number of unbranched alkanes of at least 4 members (excludes halogenated alkanes) is 3.